The number of nitrogens with zero attached hydrogens (tertiary/aromatic N) is 1. The molecule has 1 aliphatic carbocycles. The second-order valence-corrected chi connectivity index (χ2v) is 6.71. The summed E-state index contributed by atoms with van der Waals surface area (Å²) in [4.78, 5) is 0. The SMILES string of the molecule is CCCC1(CNS(=O)(=O)c2[nH]ncc2CN)CC1. The summed E-state index contributed by atoms with van der Waals surface area (Å²) in [5.74, 6) is 0. The number of hydrogen-bond donors (Lipinski definition) is 3. The quantitative estimate of drug-likeness (QED) is 0.681. The molecule has 102 valence electrons. The Bertz CT molecular complexity index is 505. The van der Waals surface area contributed by atoms with Crippen LogP contribution in [0.4, 0.5) is 0 Å². The third-order valence-electron chi connectivity index (χ3n) is 3.54. The third kappa shape index (κ3) is 2.73. The molecule has 1 fully saturated rings. The predicted molar refractivity (Wildman–Crippen MR) is 68.2 cm³/mol. The fourth-order valence-electron chi connectivity index (χ4n) is 2.22. The van der Waals surface area contributed by atoms with E-state index in [-0.39, 0.29) is 17.0 Å². The second-order valence-electron chi connectivity index (χ2n) is 5.00. The first-order valence-corrected chi connectivity index (χ1v) is 7.73. The monoisotopic (exact) mass is 272 g/mol. The van der Waals surface area contributed by atoms with Crippen LogP contribution in [0.5, 0.6) is 0 Å². The van der Waals surface area contributed by atoms with Crippen LogP contribution in [0.2, 0.25) is 0 Å². The molecular formula is C11H20N4O2S. The molecule has 0 unspecified atom stereocenters. The smallest absolute Gasteiger partial charge is 0.257 e. The molecule has 18 heavy (non-hydrogen) atoms. The molecule has 1 aromatic heterocycles. The highest BCUT2D eigenvalue weighted by molar-refractivity contribution is 7.89. The van der Waals surface area contributed by atoms with Gasteiger partial charge in [0.2, 0.25) is 0 Å². The van der Waals surface area contributed by atoms with E-state index < -0.39 is 10.0 Å². The highest BCUT2D eigenvalue weighted by Gasteiger charge is 2.42. The Morgan fingerprint density at radius 3 is 2.83 bits per heavy atom. The van der Waals surface area contributed by atoms with Crippen molar-refractivity contribution in [1.29, 1.82) is 0 Å². The molecule has 2 rings (SSSR count). The van der Waals surface area contributed by atoms with Crippen LogP contribution < -0.4 is 10.5 Å². The van der Waals surface area contributed by atoms with Crippen LogP contribution >= 0.6 is 0 Å². The van der Waals surface area contributed by atoms with E-state index >= 15 is 0 Å². The number of rotatable bonds is 7. The maximum Gasteiger partial charge on any atom is 0.257 e. The average Bonchev–Trinajstić information content (AvgIpc) is 2.93. The zero-order chi connectivity index (χ0) is 13.2. The van der Waals surface area contributed by atoms with E-state index in [1.165, 1.54) is 6.20 Å². The Morgan fingerprint density at radius 2 is 2.28 bits per heavy atom. The van der Waals surface area contributed by atoms with Gasteiger partial charge in [0.25, 0.3) is 10.0 Å². The first kappa shape index (κ1) is 13.5. The van der Waals surface area contributed by atoms with Crippen molar-refractivity contribution in [3.8, 4) is 0 Å². The zero-order valence-corrected chi connectivity index (χ0v) is 11.4. The summed E-state index contributed by atoms with van der Waals surface area (Å²) < 4.78 is 26.9. The third-order valence-corrected chi connectivity index (χ3v) is 4.96. The lowest BCUT2D eigenvalue weighted by Crippen LogP contribution is -2.31. The fourth-order valence-corrected chi connectivity index (χ4v) is 3.51. The number of H-pyrrole nitrogens is 1. The van der Waals surface area contributed by atoms with E-state index in [0.717, 1.165) is 25.7 Å². The summed E-state index contributed by atoms with van der Waals surface area (Å²) >= 11 is 0. The van der Waals surface area contributed by atoms with Crippen molar-refractivity contribution < 1.29 is 8.42 Å². The molecule has 1 aromatic rings. The van der Waals surface area contributed by atoms with Crippen molar-refractivity contribution >= 4 is 10.0 Å². The van der Waals surface area contributed by atoms with E-state index in [0.29, 0.717) is 12.1 Å². The van der Waals surface area contributed by atoms with Gasteiger partial charge in [0.05, 0.1) is 6.20 Å². The molecule has 6 nitrogen and oxygen atoms in total. The predicted octanol–water partition coefficient (Wildman–Crippen LogP) is 0.727. The molecule has 0 aromatic carbocycles. The molecule has 4 N–H and O–H groups in total. The molecule has 0 aliphatic heterocycles. The first-order valence-electron chi connectivity index (χ1n) is 6.25. The summed E-state index contributed by atoms with van der Waals surface area (Å²) in [6.07, 6.45) is 5.82. The van der Waals surface area contributed by atoms with Gasteiger partial charge in [-0.1, -0.05) is 13.3 Å². The lowest BCUT2D eigenvalue weighted by molar-refractivity contribution is 0.448. The molecule has 0 radical (unpaired) electrons. The number of aromatic nitrogens is 2. The van der Waals surface area contributed by atoms with Gasteiger partial charge in [-0.2, -0.15) is 5.10 Å². The van der Waals surface area contributed by atoms with E-state index in [2.05, 4.69) is 21.8 Å². The van der Waals surface area contributed by atoms with Gasteiger partial charge in [0.15, 0.2) is 5.03 Å². The summed E-state index contributed by atoms with van der Waals surface area (Å²) in [7, 11) is -3.52. The summed E-state index contributed by atoms with van der Waals surface area (Å²) in [6, 6.07) is 0. The Labute approximate surface area is 107 Å². The molecule has 0 spiro atoms. The summed E-state index contributed by atoms with van der Waals surface area (Å²) in [6.45, 7) is 2.79. The van der Waals surface area contributed by atoms with Gasteiger partial charge >= 0.3 is 0 Å². The lowest BCUT2D eigenvalue weighted by Gasteiger charge is -2.14. The van der Waals surface area contributed by atoms with Crippen LogP contribution in [0.3, 0.4) is 0 Å². The van der Waals surface area contributed by atoms with Crippen LogP contribution in [-0.4, -0.2) is 25.2 Å². The zero-order valence-electron chi connectivity index (χ0n) is 10.6. The van der Waals surface area contributed by atoms with Crippen molar-refractivity contribution in [3.05, 3.63) is 11.8 Å². The molecule has 1 saturated carbocycles. The minimum absolute atomic E-state index is 0.0947. The van der Waals surface area contributed by atoms with Crippen LogP contribution in [0.25, 0.3) is 0 Å². The fraction of sp³-hybridized carbons (Fsp3) is 0.727. The van der Waals surface area contributed by atoms with Crippen LogP contribution in [0.15, 0.2) is 11.2 Å². The van der Waals surface area contributed by atoms with Gasteiger partial charge in [0.1, 0.15) is 0 Å². The largest absolute Gasteiger partial charge is 0.326 e. The molecule has 0 bridgehead atoms. The Morgan fingerprint density at radius 1 is 1.56 bits per heavy atom. The second kappa shape index (κ2) is 4.99. The number of nitrogens with two attached hydrogens (primary N) is 1. The Balaban J connectivity index is 2.04. The van der Waals surface area contributed by atoms with E-state index in [9.17, 15) is 8.42 Å². The molecule has 0 saturated heterocycles. The molecular weight excluding hydrogens is 252 g/mol. The number of sulfonamides is 1. The maximum absolute atomic E-state index is 12.1. The standard InChI is InChI=1S/C11H20N4O2S/c1-2-3-11(4-5-11)8-14-18(16,17)10-9(6-12)7-13-15-10/h7,14H,2-6,8,12H2,1H3,(H,13,15). The number of hydrogen-bond acceptors (Lipinski definition) is 4. The highest BCUT2D eigenvalue weighted by Crippen LogP contribution is 2.49. The minimum atomic E-state index is -3.52. The first-order chi connectivity index (χ1) is 8.53. The topological polar surface area (TPSA) is 101 Å². The highest BCUT2D eigenvalue weighted by atomic mass is 32.2. The lowest BCUT2D eigenvalue weighted by atomic mass is 10.0. The van der Waals surface area contributed by atoms with Crippen LogP contribution in [-0.2, 0) is 16.6 Å². The average molecular weight is 272 g/mol. The van der Waals surface area contributed by atoms with Gasteiger partial charge in [-0.05, 0) is 24.7 Å². The van der Waals surface area contributed by atoms with Crippen molar-refractivity contribution in [1.82, 2.24) is 14.9 Å². The van der Waals surface area contributed by atoms with Crippen molar-refractivity contribution in [2.24, 2.45) is 11.1 Å². The van der Waals surface area contributed by atoms with Crippen molar-refractivity contribution in [2.45, 2.75) is 44.2 Å². The molecule has 0 atom stereocenters. The van der Waals surface area contributed by atoms with Crippen LogP contribution in [0.1, 0.15) is 38.2 Å². The van der Waals surface area contributed by atoms with Crippen molar-refractivity contribution in [2.75, 3.05) is 6.54 Å². The molecule has 0 amide bonds. The minimum Gasteiger partial charge on any atom is -0.326 e. The number of aromatic amines is 1. The van der Waals surface area contributed by atoms with E-state index in [1.54, 1.807) is 0 Å². The summed E-state index contributed by atoms with van der Waals surface area (Å²) in [5.41, 5.74) is 6.18. The Kier molecular flexibility index (Phi) is 3.74. The van der Waals surface area contributed by atoms with Gasteiger partial charge < -0.3 is 5.73 Å². The Hall–Kier alpha value is -0.920. The molecule has 1 heterocycles. The van der Waals surface area contributed by atoms with Gasteiger partial charge in [-0.15, -0.1) is 0 Å². The van der Waals surface area contributed by atoms with Crippen molar-refractivity contribution in [3.63, 3.8) is 0 Å². The summed E-state index contributed by atoms with van der Waals surface area (Å²) in [5, 5.41) is 6.33. The molecule has 1 aliphatic rings. The van der Waals surface area contributed by atoms with Gasteiger partial charge in [-0.25, -0.2) is 13.1 Å². The molecule has 7 heteroatoms. The van der Waals surface area contributed by atoms with E-state index in [4.69, 9.17) is 5.73 Å². The van der Waals surface area contributed by atoms with Gasteiger partial charge in [-0.3, -0.25) is 5.10 Å². The number of nitrogens with one attached hydrogen (secondary N) is 2. The van der Waals surface area contributed by atoms with Gasteiger partial charge in [0, 0.05) is 18.7 Å². The van der Waals surface area contributed by atoms with E-state index in [1.807, 2.05) is 0 Å². The normalized spacial score (nSPS) is 17.9. The maximum atomic E-state index is 12.1. The van der Waals surface area contributed by atoms with Crippen LogP contribution in [0, 0.1) is 5.41 Å².